The Morgan fingerprint density at radius 1 is 1.33 bits per heavy atom. The van der Waals surface area contributed by atoms with Crippen molar-refractivity contribution in [3.63, 3.8) is 0 Å². The van der Waals surface area contributed by atoms with Crippen LogP contribution in [-0.4, -0.2) is 14.8 Å². The Kier molecular flexibility index (Phi) is 3.57. The number of aromatic nitrogens is 3. The lowest BCUT2D eigenvalue weighted by atomic mass is 9.71. The van der Waals surface area contributed by atoms with Crippen LogP contribution in [0.1, 0.15) is 62.6 Å². The van der Waals surface area contributed by atoms with E-state index in [-0.39, 0.29) is 11.5 Å². The number of benzene rings is 1. The van der Waals surface area contributed by atoms with Crippen LogP contribution in [0.3, 0.4) is 0 Å². The monoisotopic (exact) mass is 284 g/mol. The van der Waals surface area contributed by atoms with Gasteiger partial charge in [-0.2, -0.15) is 0 Å². The maximum Gasteiger partial charge on any atom is 0.149 e. The number of nitrogens with zero attached hydrogens (tertiary/aromatic N) is 3. The van der Waals surface area contributed by atoms with Crippen LogP contribution in [0.4, 0.5) is 0 Å². The average Bonchev–Trinajstić information content (AvgIpc) is 2.89. The Morgan fingerprint density at radius 3 is 2.81 bits per heavy atom. The lowest BCUT2D eigenvalue weighted by Crippen LogP contribution is -2.34. The average molecular weight is 284 g/mol. The quantitative estimate of drug-likeness (QED) is 0.940. The van der Waals surface area contributed by atoms with Crippen LogP contribution in [0, 0.1) is 0 Å². The van der Waals surface area contributed by atoms with Crippen molar-refractivity contribution >= 4 is 0 Å². The highest BCUT2D eigenvalue weighted by Gasteiger charge is 2.33. The van der Waals surface area contributed by atoms with Gasteiger partial charge in [-0.25, -0.2) is 0 Å². The Bertz CT molecular complexity index is 629. The fourth-order valence-corrected chi connectivity index (χ4v) is 3.45. The lowest BCUT2D eigenvalue weighted by molar-refractivity contribution is 0.334. The molecule has 2 aromatic rings. The van der Waals surface area contributed by atoms with Crippen molar-refractivity contribution in [3.8, 4) is 0 Å². The molecular formula is C17H24N4. The van der Waals surface area contributed by atoms with Gasteiger partial charge in [0, 0.05) is 13.1 Å². The second kappa shape index (κ2) is 5.26. The summed E-state index contributed by atoms with van der Waals surface area (Å²) in [4.78, 5) is 0. The Balaban J connectivity index is 1.86. The van der Waals surface area contributed by atoms with Crippen molar-refractivity contribution in [2.24, 2.45) is 7.05 Å². The molecule has 1 heterocycles. The van der Waals surface area contributed by atoms with E-state index in [2.05, 4.69) is 60.6 Å². The molecule has 0 aliphatic heterocycles. The topological polar surface area (TPSA) is 42.7 Å². The first-order valence-electron chi connectivity index (χ1n) is 7.68. The predicted molar refractivity (Wildman–Crippen MR) is 84.0 cm³/mol. The van der Waals surface area contributed by atoms with Gasteiger partial charge in [-0.1, -0.05) is 38.1 Å². The van der Waals surface area contributed by atoms with Crippen LogP contribution in [0.15, 0.2) is 30.6 Å². The van der Waals surface area contributed by atoms with E-state index in [4.69, 9.17) is 0 Å². The molecule has 1 N–H and O–H groups in total. The number of nitrogens with one attached hydrogen (secondary N) is 1. The molecule has 0 amide bonds. The first kappa shape index (κ1) is 14.3. The number of rotatable bonds is 3. The molecule has 0 bridgehead atoms. The van der Waals surface area contributed by atoms with E-state index in [0.29, 0.717) is 6.04 Å². The van der Waals surface area contributed by atoms with Gasteiger partial charge in [0.05, 0.1) is 6.04 Å². The van der Waals surface area contributed by atoms with Gasteiger partial charge in [0.15, 0.2) is 0 Å². The first-order valence-corrected chi connectivity index (χ1v) is 7.68. The van der Waals surface area contributed by atoms with Crippen LogP contribution < -0.4 is 5.32 Å². The van der Waals surface area contributed by atoms with Crippen LogP contribution in [0.5, 0.6) is 0 Å². The smallest absolute Gasteiger partial charge is 0.149 e. The third-order valence-corrected chi connectivity index (χ3v) is 4.71. The zero-order valence-corrected chi connectivity index (χ0v) is 13.3. The molecule has 2 atom stereocenters. The third-order valence-electron chi connectivity index (χ3n) is 4.71. The number of hydrogen-bond donors (Lipinski definition) is 1. The normalized spacial score (nSPS) is 21.8. The Hall–Kier alpha value is -1.68. The summed E-state index contributed by atoms with van der Waals surface area (Å²) in [5.41, 5.74) is 3.17. The minimum atomic E-state index is 0.191. The van der Waals surface area contributed by atoms with Crippen molar-refractivity contribution in [3.05, 3.63) is 47.5 Å². The van der Waals surface area contributed by atoms with Gasteiger partial charge in [0.2, 0.25) is 0 Å². The zero-order chi connectivity index (χ0) is 15.0. The van der Waals surface area contributed by atoms with Crippen molar-refractivity contribution in [1.29, 1.82) is 0 Å². The van der Waals surface area contributed by atoms with Crippen molar-refractivity contribution < 1.29 is 0 Å². The molecule has 0 spiro atoms. The second-order valence-corrected chi connectivity index (χ2v) is 6.75. The predicted octanol–water partition coefficient (Wildman–Crippen LogP) is 3.28. The maximum atomic E-state index is 4.22. The van der Waals surface area contributed by atoms with E-state index < -0.39 is 0 Å². The Labute approximate surface area is 126 Å². The molecule has 112 valence electrons. The summed E-state index contributed by atoms with van der Waals surface area (Å²) >= 11 is 0. The molecule has 2 unspecified atom stereocenters. The van der Waals surface area contributed by atoms with Gasteiger partial charge in [-0.15, -0.1) is 10.2 Å². The molecule has 4 heteroatoms. The summed E-state index contributed by atoms with van der Waals surface area (Å²) in [7, 11) is 1.99. The SMILES string of the molecule is CC(NC1CCC(C)(C)c2ccccc21)c1nncn1C. The van der Waals surface area contributed by atoms with Gasteiger partial charge in [-0.3, -0.25) is 0 Å². The van der Waals surface area contributed by atoms with E-state index in [9.17, 15) is 0 Å². The molecule has 0 saturated heterocycles. The van der Waals surface area contributed by atoms with Crippen LogP contribution in [0.2, 0.25) is 0 Å². The van der Waals surface area contributed by atoms with E-state index in [1.54, 1.807) is 6.33 Å². The van der Waals surface area contributed by atoms with Gasteiger partial charge < -0.3 is 9.88 Å². The third kappa shape index (κ3) is 2.60. The molecule has 0 saturated carbocycles. The molecule has 1 aromatic carbocycles. The van der Waals surface area contributed by atoms with E-state index in [0.717, 1.165) is 12.2 Å². The number of fused-ring (bicyclic) bond motifs is 1. The van der Waals surface area contributed by atoms with Crippen molar-refractivity contribution in [2.75, 3.05) is 0 Å². The highest BCUT2D eigenvalue weighted by Crippen LogP contribution is 2.41. The fourth-order valence-electron chi connectivity index (χ4n) is 3.45. The summed E-state index contributed by atoms with van der Waals surface area (Å²) in [6, 6.07) is 9.41. The van der Waals surface area contributed by atoms with Crippen LogP contribution in [0.25, 0.3) is 0 Å². The second-order valence-electron chi connectivity index (χ2n) is 6.75. The van der Waals surface area contributed by atoms with E-state index in [1.165, 1.54) is 17.5 Å². The molecule has 1 aliphatic rings. The summed E-state index contributed by atoms with van der Waals surface area (Å²) in [5.74, 6) is 0.984. The van der Waals surface area contributed by atoms with E-state index >= 15 is 0 Å². The minimum absolute atomic E-state index is 0.191. The molecule has 1 aliphatic carbocycles. The van der Waals surface area contributed by atoms with Crippen molar-refractivity contribution in [1.82, 2.24) is 20.1 Å². The van der Waals surface area contributed by atoms with Gasteiger partial charge in [0.25, 0.3) is 0 Å². The minimum Gasteiger partial charge on any atom is -0.319 e. The number of aryl methyl sites for hydroxylation is 1. The highest BCUT2D eigenvalue weighted by molar-refractivity contribution is 5.38. The van der Waals surface area contributed by atoms with Crippen molar-refractivity contribution in [2.45, 2.75) is 51.1 Å². The van der Waals surface area contributed by atoms with Crippen LogP contribution >= 0.6 is 0 Å². The fraction of sp³-hybridized carbons (Fsp3) is 0.529. The summed E-state index contributed by atoms with van der Waals surface area (Å²) in [5, 5.41) is 11.9. The maximum absolute atomic E-state index is 4.22. The Morgan fingerprint density at radius 2 is 2.10 bits per heavy atom. The van der Waals surface area contributed by atoms with E-state index in [1.807, 2.05) is 11.6 Å². The number of hydrogen-bond acceptors (Lipinski definition) is 3. The van der Waals surface area contributed by atoms with Gasteiger partial charge in [-0.05, 0) is 36.3 Å². The molecule has 0 fully saturated rings. The van der Waals surface area contributed by atoms with Gasteiger partial charge in [0.1, 0.15) is 12.2 Å². The molecule has 0 radical (unpaired) electrons. The summed E-state index contributed by atoms with van der Waals surface area (Å²) in [6.45, 7) is 6.84. The van der Waals surface area contributed by atoms with Gasteiger partial charge >= 0.3 is 0 Å². The largest absolute Gasteiger partial charge is 0.319 e. The molecule has 1 aromatic heterocycles. The molecule has 3 rings (SSSR count). The standard InChI is InChI=1S/C17H24N4/c1-12(16-20-18-11-21(16)4)19-15-9-10-17(2,3)14-8-6-5-7-13(14)15/h5-8,11-12,15,19H,9-10H2,1-4H3. The molecule has 21 heavy (non-hydrogen) atoms. The lowest BCUT2D eigenvalue weighted by Gasteiger charge is -2.38. The van der Waals surface area contributed by atoms with Crippen LogP contribution in [-0.2, 0) is 12.5 Å². The molecule has 4 nitrogen and oxygen atoms in total. The summed E-state index contributed by atoms with van der Waals surface area (Å²) in [6.07, 6.45) is 4.12. The summed E-state index contributed by atoms with van der Waals surface area (Å²) < 4.78 is 1.98. The molecular weight excluding hydrogens is 260 g/mol. The zero-order valence-electron chi connectivity index (χ0n) is 13.3. The highest BCUT2D eigenvalue weighted by atomic mass is 15.3. The first-order chi connectivity index (χ1) is 9.99.